The molecule has 21 heavy (non-hydrogen) atoms. The summed E-state index contributed by atoms with van der Waals surface area (Å²) in [5.74, 6) is 1.61. The molecule has 0 N–H and O–H groups in total. The van der Waals surface area contributed by atoms with Gasteiger partial charge in [-0.15, -0.1) is 10.2 Å². The highest BCUT2D eigenvalue weighted by Crippen LogP contribution is 2.41. The summed E-state index contributed by atoms with van der Waals surface area (Å²) in [6.45, 7) is 11.1. The molecule has 0 saturated carbocycles. The quantitative estimate of drug-likeness (QED) is 0.865. The molecule has 2 heterocycles. The van der Waals surface area contributed by atoms with E-state index in [2.05, 4.69) is 63.8 Å². The lowest BCUT2D eigenvalue weighted by Gasteiger charge is -2.26. The first kappa shape index (κ1) is 14.3. The molecule has 3 rings (SSSR count). The van der Waals surface area contributed by atoms with E-state index in [-0.39, 0.29) is 0 Å². The summed E-state index contributed by atoms with van der Waals surface area (Å²) in [6, 6.07) is 10.9. The monoisotopic (exact) mass is 284 g/mol. The van der Waals surface area contributed by atoms with Gasteiger partial charge < -0.3 is 9.47 Å². The molecule has 4 nitrogen and oxygen atoms in total. The van der Waals surface area contributed by atoms with Gasteiger partial charge >= 0.3 is 0 Å². The fourth-order valence-corrected chi connectivity index (χ4v) is 3.45. The molecule has 0 radical (unpaired) electrons. The van der Waals surface area contributed by atoms with E-state index < -0.39 is 0 Å². The number of nitrogens with zero attached hydrogens (tertiary/aromatic N) is 4. The van der Waals surface area contributed by atoms with E-state index in [1.807, 2.05) is 13.3 Å². The Kier molecular flexibility index (Phi) is 3.81. The van der Waals surface area contributed by atoms with Crippen LogP contribution in [-0.4, -0.2) is 39.3 Å². The van der Waals surface area contributed by atoms with Crippen LogP contribution in [0.3, 0.4) is 0 Å². The Morgan fingerprint density at radius 1 is 1.19 bits per heavy atom. The SMILES string of the molecule is Cc1nncn1CCN1CC(c2ccccc2)C(C)(C)C1. The third-order valence-corrected chi connectivity index (χ3v) is 4.68. The number of aromatic nitrogens is 3. The average molecular weight is 284 g/mol. The van der Waals surface area contributed by atoms with Gasteiger partial charge in [0.25, 0.3) is 0 Å². The maximum atomic E-state index is 4.05. The summed E-state index contributed by atoms with van der Waals surface area (Å²) < 4.78 is 2.13. The lowest BCUT2D eigenvalue weighted by atomic mass is 9.78. The highest BCUT2D eigenvalue weighted by atomic mass is 15.3. The van der Waals surface area contributed by atoms with Gasteiger partial charge in [-0.2, -0.15) is 0 Å². The number of benzene rings is 1. The van der Waals surface area contributed by atoms with Gasteiger partial charge in [-0.25, -0.2) is 0 Å². The molecule has 1 aromatic carbocycles. The fraction of sp³-hybridized carbons (Fsp3) is 0.529. The lowest BCUT2D eigenvalue weighted by Crippen LogP contribution is -2.27. The van der Waals surface area contributed by atoms with Crippen molar-refractivity contribution in [2.24, 2.45) is 5.41 Å². The van der Waals surface area contributed by atoms with Crippen molar-refractivity contribution in [1.29, 1.82) is 0 Å². The first-order chi connectivity index (χ1) is 10.1. The maximum absolute atomic E-state index is 4.05. The standard InChI is InChI=1S/C17H24N4/c1-14-19-18-13-21(14)10-9-20-11-16(17(2,3)12-20)15-7-5-4-6-8-15/h4-8,13,16H,9-12H2,1-3H3. The number of hydrogen-bond acceptors (Lipinski definition) is 3. The van der Waals surface area contributed by atoms with E-state index in [9.17, 15) is 0 Å². The van der Waals surface area contributed by atoms with Crippen molar-refractivity contribution in [3.63, 3.8) is 0 Å². The van der Waals surface area contributed by atoms with Crippen LogP contribution in [0, 0.1) is 12.3 Å². The fourth-order valence-electron chi connectivity index (χ4n) is 3.45. The van der Waals surface area contributed by atoms with Gasteiger partial charge in [-0.3, -0.25) is 0 Å². The van der Waals surface area contributed by atoms with Crippen LogP contribution in [0.15, 0.2) is 36.7 Å². The predicted molar refractivity (Wildman–Crippen MR) is 84.2 cm³/mol. The zero-order chi connectivity index (χ0) is 14.9. The van der Waals surface area contributed by atoms with Crippen LogP contribution in [0.5, 0.6) is 0 Å². The Morgan fingerprint density at radius 3 is 2.62 bits per heavy atom. The largest absolute Gasteiger partial charge is 0.317 e. The summed E-state index contributed by atoms with van der Waals surface area (Å²) in [5.41, 5.74) is 1.79. The third kappa shape index (κ3) is 3.00. The smallest absolute Gasteiger partial charge is 0.129 e. The van der Waals surface area contributed by atoms with Crippen molar-refractivity contribution in [2.45, 2.75) is 33.2 Å². The molecule has 1 saturated heterocycles. The summed E-state index contributed by atoms with van der Waals surface area (Å²) in [6.07, 6.45) is 1.82. The minimum absolute atomic E-state index is 0.323. The number of rotatable bonds is 4. The molecule has 1 aliphatic rings. The molecule has 0 aliphatic carbocycles. The average Bonchev–Trinajstić information content (AvgIpc) is 3.00. The molecule has 0 bridgehead atoms. The van der Waals surface area contributed by atoms with Crippen LogP contribution >= 0.6 is 0 Å². The van der Waals surface area contributed by atoms with Crippen molar-refractivity contribution in [1.82, 2.24) is 19.7 Å². The topological polar surface area (TPSA) is 34.0 Å². The lowest BCUT2D eigenvalue weighted by molar-refractivity contribution is 0.278. The van der Waals surface area contributed by atoms with Gasteiger partial charge in [0.15, 0.2) is 0 Å². The second-order valence-electron chi connectivity index (χ2n) is 6.76. The van der Waals surface area contributed by atoms with E-state index >= 15 is 0 Å². The Morgan fingerprint density at radius 2 is 1.95 bits per heavy atom. The van der Waals surface area contributed by atoms with Crippen LogP contribution in [0.1, 0.15) is 31.2 Å². The van der Waals surface area contributed by atoms with Crippen molar-refractivity contribution in [3.05, 3.63) is 48.0 Å². The van der Waals surface area contributed by atoms with Gasteiger partial charge in [-0.1, -0.05) is 44.2 Å². The molecule has 1 unspecified atom stereocenters. The van der Waals surface area contributed by atoms with Crippen LogP contribution < -0.4 is 0 Å². The van der Waals surface area contributed by atoms with Gasteiger partial charge in [0.2, 0.25) is 0 Å². The Balaban J connectivity index is 1.66. The van der Waals surface area contributed by atoms with Crippen LogP contribution in [0.25, 0.3) is 0 Å². The molecule has 0 amide bonds. The Labute approximate surface area is 126 Å². The highest BCUT2D eigenvalue weighted by Gasteiger charge is 2.39. The number of likely N-dealkylation sites (tertiary alicyclic amines) is 1. The third-order valence-electron chi connectivity index (χ3n) is 4.68. The van der Waals surface area contributed by atoms with Crippen molar-refractivity contribution >= 4 is 0 Å². The second-order valence-corrected chi connectivity index (χ2v) is 6.76. The van der Waals surface area contributed by atoms with Gasteiger partial charge in [0.05, 0.1) is 0 Å². The summed E-state index contributed by atoms with van der Waals surface area (Å²) in [5, 5.41) is 8.00. The zero-order valence-electron chi connectivity index (χ0n) is 13.2. The minimum atomic E-state index is 0.323. The van der Waals surface area contributed by atoms with Gasteiger partial charge in [0, 0.05) is 32.1 Å². The molecular formula is C17H24N4. The normalized spacial score (nSPS) is 21.8. The van der Waals surface area contributed by atoms with E-state index in [4.69, 9.17) is 0 Å². The minimum Gasteiger partial charge on any atom is -0.317 e. The van der Waals surface area contributed by atoms with Crippen molar-refractivity contribution in [2.75, 3.05) is 19.6 Å². The molecule has 1 atom stereocenters. The Hall–Kier alpha value is -1.68. The van der Waals surface area contributed by atoms with Crippen LogP contribution in [-0.2, 0) is 6.54 Å². The van der Waals surface area contributed by atoms with E-state index in [0.717, 1.165) is 32.0 Å². The van der Waals surface area contributed by atoms with E-state index in [0.29, 0.717) is 11.3 Å². The van der Waals surface area contributed by atoms with E-state index in [1.165, 1.54) is 5.56 Å². The zero-order valence-corrected chi connectivity index (χ0v) is 13.2. The summed E-state index contributed by atoms with van der Waals surface area (Å²) >= 11 is 0. The summed E-state index contributed by atoms with van der Waals surface area (Å²) in [7, 11) is 0. The molecule has 0 spiro atoms. The first-order valence-corrected chi connectivity index (χ1v) is 7.68. The highest BCUT2D eigenvalue weighted by molar-refractivity contribution is 5.24. The molecular weight excluding hydrogens is 260 g/mol. The van der Waals surface area contributed by atoms with E-state index in [1.54, 1.807) is 0 Å². The second kappa shape index (κ2) is 5.60. The molecule has 112 valence electrons. The Bertz CT molecular complexity index is 588. The predicted octanol–water partition coefficient (Wildman–Crippen LogP) is 2.71. The summed E-state index contributed by atoms with van der Waals surface area (Å²) in [4.78, 5) is 2.57. The van der Waals surface area contributed by atoms with Crippen molar-refractivity contribution in [3.8, 4) is 0 Å². The number of hydrogen-bond donors (Lipinski definition) is 0. The molecule has 1 aliphatic heterocycles. The van der Waals surface area contributed by atoms with Crippen molar-refractivity contribution < 1.29 is 0 Å². The molecule has 1 fully saturated rings. The van der Waals surface area contributed by atoms with Crippen LogP contribution in [0.2, 0.25) is 0 Å². The first-order valence-electron chi connectivity index (χ1n) is 7.68. The van der Waals surface area contributed by atoms with Gasteiger partial charge in [-0.05, 0) is 17.9 Å². The maximum Gasteiger partial charge on any atom is 0.129 e. The van der Waals surface area contributed by atoms with Gasteiger partial charge in [0.1, 0.15) is 12.2 Å². The molecule has 2 aromatic rings. The number of aryl methyl sites for hydroxylation is 1. The van der Waals surface area contributed by atoms with Crippen LogP contribution in [0.4, 0.5) is 0 Å². The molecule has 1 aromatic heterocycles. The molecule has 4 heteroatoms.